The second-order valence-electron chi connectivity index (χ2n) is 4.38. The topological polar surface area (TPSA) is 25.4 Å². The highest BCUT2D eigenvalue weighted by atomic mass is 19.1. The summed E-state index contributed by atoms with van der Waals surface area (Å²) in [4.78, 5) is 5.99. The number of halogens is 1. The number of nitrogens with zero attached hydrogens (tertiary/aromatic N) is 2. The molecule has 16 heavy (non-hydrogen) atoms. The summed E-state index contributed by atoms with van der Waals surface area (Å²) in [5.74, 6) is 0.285. The summed E-state index contributed by atoms with van der Waals surface area (Å²) in [5, 5.41) is 0. The van der Waals surface area contributed by atoms with Crippen LogP contribution >= 0.6 is 0 Å². The van der Waals surface area contributed by atoms with Gasteiger partial charge < -0.3 is 4.74 Å². The van der Waals surface area contributed by atoms with Crippen molar-refractivity contribution in [1.82, 2.24) is 9.88 Å². The van der Waals surface area contributed by atoms with Crippen LogP contribution < -0.4 is 0 Å². The third kappa shape index (κ3) is 3.00. The van der Waals surface area contributed by atoms with Gasteiger partial charge in [0.25, 0.3) is 0 Å². The lowest BCUT2D eigenvalue weighted by molar-refractivity contribution is 0.125. The van der Waals surface area contributed by atoms with Crippen LogP contribution in [0.15, 0.2) is 18.5 Å². The molecule has 0 N–H and O–H groups in total. The highest BCUT2D eigenvalue weighted by molar-refractivity contribution is 5.12. The zero-order chi connectivity index (χ0) is 11.4. The fourth-order valence-corrected chi connectivity index (χ4v) is 1.98. The van der Waals surface area contributed by atoms with Gasteiger partial charge in [-0.2, -0.15) is 0 Å². The van der Waals surface area contributed by atoms with Crippen molar-refractivity contribution in [3.05, 3.63) is 29.8 Å². The van der Waals surface area contributed by atoms with Crippen LogP contribution in [0.1, 0.15) is 12.5 Å². The molecule has 0 amide bonds. The van der Waals surface area contributed by atoms with Gasteiger partial charge in [0.05, 0.1) is 19.4 Å². The smallest absolute Gasteiger partial charge is 0.145 e. The molecule has 0 radical (unpaired) electrons. The molecule has 1 aromatic rings. The molecule has 1 aliphatic heterocycles. The quantitative estimate of drug-likeness (QED) is 0.764. The average molecular weight is 224 g/mol. The van der Waals surface area contributed by atoms with Crippen molar-refractivity contribution in [2.75, 3.05) is 26.3 Å². The summed E-state index contributed by atoms with van der Waals surface area (Å²) in [5.41, 5.74) is 0.712. The predicted octanol–water partition coefficient (Wildman–Crippen LogP) is 1.69. The molecule has 0 bridgehead atoms. The Morgan fingerprint density at radius 1 is 1.62 bits per heavy atom. The van der Waals surface area contributed by atoms with E-state index in [0.717, 1.165) is 26.3 Å². The van der Waals surface area contributed by atoms with E-state index in [9.17, 15) is 4.39 Å². The Hall–Kier alpha value is -1.00. The molecule has 0 spiro atoms. The molecule has 1 unspecified atom stereocenters. The molecule has 1 atom stereocenters. The Morgan fingerprint density at radius 2 is 2.50 bits per heavy atom. The van der Waals surface area contributed by atoms with Gasteiger partial charge in [-0.25, -0.2) is 4.39 Å². The Balaban J connectivity index is 2.00. The second-order valence-corrected chi connectivity index (χ2v) is 4.38. The summed E-state index contributed by atoms with van der Waals surface area (Å²) in [6.07, 6.45) is 2.91. The molecule has 2 heterocycles. The number of aromatic nitrogens is 1. The molecule has 0 aliphatic carbocycles. The van der Waals surface area contributed by atoms with E-state index in [1.807, 2.05) is 0 Å². The fraction of sp³-hybridized carbons (Fsp3) is 0.583. The minimum Gasteiger partial charge on any atom is -0.380 e. The maximum Gasteiger partial charge on any atom is 0.145 e. The number of hydrogen-bond acceptors (Lipinski definition) is 3. The van der Waals surface area contributed by atoms with Crippen molar-refractivity contribution in [3.63, 3.8) is 0 Å². The summed E-state index contributed by atoms with van der Waals surface area (Å²) in [6, 6.07) is 1.74. The molecule has 4 heteroatoms. The first-order valence-electron chi connectivity index (χ1n) is 5.64. The molecule has 1 aromatic heterocycles. The summed E-state index contributed by atoms with van der Waals surface area (Å²) in [6.45, 7) is 6.16. The number of pyridine rings is 1. The lowest BCUT2D eigenvalue weighted by Crippen LogP contribution is -2.29. The van der Waals surface area contributed by atoms with Crippen LogP contribution in [0.4, 0.5) is 4.39 Å². The second kappa shape index (κ2) is 5.37. The third-order valence-electron chi connectivity index (χ3n) is 2.77. The molecule has 0 aromatic carbocycles. The van der Waals surface area contributed by atoms with E-state index in [-0.39, 0.29) is 5.82 Å². The zero-order valence-corrected chi connectivity index (χ0v) is 9.53. The van der Waals surface area contributed by atoms with E-state index in [1.165, 1.54) is 6.20 Å². The first kappa shape index (κ1) is 11.5. The van der Waals surface area contributed by atoms with Gasteiger partial charge in [0, 0.05) is 31.4 Å². The number of rotatable bonds is 2. The molecule has 1 aliphatic rings. The van der Waals surface area contributed by atoms with Crippen LogP contribution in [0.3, 0.4) is 0 Å². The maximum atomic E-state index is 13.4. The summed E-state index contributed by atoms with van der Waals surface area (Å²) < 4.78 is 18.9. The van der Waals surface area contributed by atoms with Gasteiger partial charge in [0.1, 0.15) is 5.82 Å². The van der Waals surface area contributed by atoms with Crippen LogP contribution in [-0.2, 0) is 11.3 Å². The first-order chi connectivity index (χ1) is 7.75. The molecular weight excluding hydrogens is 207 g/mol. The monoisotopic (exact) mass is 224 g/mol. The van der Waals surface area contributed by atoms with E-state index in [2.05, 4.69) is 16.8 Å². The van der Waals surface area contributed by atoms with Crippen LogP contribution in [0.2, 0.25) is 0 Å². The molecule has 88 valence electrons. The average Bonchev–Trinajstić information content (AvgIpc) is 2.46. The summed E-state index contributed by atoms with van der Waals surface area (Å²) in [7, 11) is 0. The van der Waals surface area contributed by atoms with Gasteiger partial charge in [-0.05, 0) is 12.0 Å². The van der Waals surface area contributed by atoms with Crippen molar-refractivity contribution in [2.24, 2.45) is 5.92 Å². The molecular formula is C12H17FN2O. The van der Waals surface area contributed by atoms with Gasteiger partial charge in [-0.15, -0.1) is 0 Å². The largest absolute Gasteiger partial charge is 0.380 e. The number of hydrogen-bond donors (Lipinski definition) is 0. The van der Waals surface area contributed by atoms with Crippen molar-refractivity contribution in [3.8, 4) is 0 Å². The van der Waals surface area contributed by atoms with Crippen LogP contribution in [0, 0.1) is 11.7 Å². The number of ether oxygens (including phenoxy) is 1. The third-order valence-corrected chi connectivity index (χ3v) is 2.77. The predicted molar refractivity (Wildman–Crippen MR) is 59.5 cm³/mol. The zero-order valence-electron chi connectivity index (χ0n) is 9.53. The van der Waals surface area contributed by atoms with E-state index < -0.39 is 0 Å². The molecule has 0 saturated carbocycles. The van der Waals surface area contributed by atoms with E-state index in [0.29, 0.717) is 18.0 Å². The Kier molecular flexibility index (Phi) is 3.85. The highest BCUT2D eigenvalue weighted by Gasteiger charge is 2.16. The Morgan fingerprint density at radius 3 is 3.31 bits per heavy atom. The van der Waals surface area contributed by atoms with Gasteiger partial charge >= 0.3 is 0 Å². The lowest BCUT2D eigenvalue weighted by Gasteiger charge is -2.21. The van der Waals surface area contributed by atoms with E-state index in [1.54, 1.807) is 12.3 Å². The van der Waals surface area contributed by atoms with Gasteiger partial charge in [0.2, 0.25) is 0 Å². The molecule has 1 fully saturated rings. The summed E-state index contributed by atoms with van der Waals surface area (Å²) >= 11 is 0. The normalized spacial score (nSPS) is 23.0. The van der Waals surface area contributed by atoms with Crippen molar-refractivity contribution in [2.45, 2.75) is 13.5 Å². The van der Waals surface area contributed by atoms with Gasteiger partial charge in [-0.1, -0.05) is 6.92 Å². The van der Waals surface area contributed by atoms with Crippen LogP contribution in [0.25, 0.3) is 0 Å². The fourth-order valence-electron chi connectivity index (χ4n) is 1.98. The van der Waals surface area contributed by atoms with E-state index >= 15 is 0 Å². The van der Waals surface area contributed by atoms with Crippen molar-refractivity contribution < 1.29 is 9.13 Å². The highest BCUT2D eigenvalue weighted by Crippen LogP contribution is 2.12. The lowest BCUT2D eigenvalue weighted by atomic mass is 10.1. The van der Waals surface area contributed by atoms with Gasteiger partial charge in [0.15, 0.2) is 0 Å². The Bertz CT molecular complexity index is 346. The Labute approximate surface area is 95.2 Å². The van der Waals surface area contributed by atoms with E-state index in [4.69, 9.17) is 4.74 Å². The molecule has 1 saturated heterocycles. The van der Waals surface area contributed by atoms with Crippen molar-refractivity contribution >= 4 is 0 Å². The molecule has 3 nitrogen and oxygen atoms in total. The maximum absolute atomic E-state index is 13.4. The standard InChI is InChI=1S/C12H17FN2O/c1-10-7-15(4-5-16-9-10)8-11-2-3-14-6-12(11)13/h2-3,6,10H,4-5,7-9H2,1H3. The van der Waals surface area contributed by atoms with Gasteiger partial charge in [-0.3, -0.25) is 9.88 Å². The van der Waals surface area contributed by atoms with Crippen LogP contribution in [-0.4, -0.2) is 36.2 Å². The SMILES string of the molecule is CC1COCCN(Cc2ccncc2F)C1. The minimum atomic E-state index is -0.222. The minimum absolute atomic E-state index is 0.222. The first-order valence-corrected chi connectivity index (χ1v) is 5.64. The van der Waals surface area contributed by atoms with Crippen LogP contribution in [0.5, 0.6) is 0 Å². The van der Waals surface area contributed by atoms with Crippen molar-refractivity contribution in [1.29, 1.82) is 0 Å². The molecule has 2 rings (SSSR count).